The minimum atomic E-state index is -0.486. The van der Waals surface area contributed by atoms with Gasteiger partial charge in [-0.3, -0.25) is 5.01 Å². The molecule has 0 N–H and O–H groups in total. The van der Waals surface area contributed by atoms with E-state index < -0.39 is 5.60 Å². The fourth-order valence-electron chi connectivity index (χ4n) is 1.81. The van der Waals surface area contributed by atoms with E-state index >= 15 is 0 Å². The van der Waals surface area contributed by atoms with Gasteiger partial charge < -0.3 is 4.74 Å². The number of para-hydroxylation sites is 1. The van der Waals surface area contributed by atoms with Crippen molar-refractivity contribution in [3.05, 3.63) is 30.3 Å². The summed E-state index contributed by atoms with van der Waals surface area (Å²) in [6, 6.07) is 9.84. The molecule has 0 atom stereocenters. The molecule has 1 aromatic rings. The standard InChI is InChI=1S/C15H24N2O2/c1-6-16(13-11-9-8-10-12-13)17(7-2)14(18)19-15(3,4)5/h8-12H,6-7H2,1-5H3. The third-order valence-electron chi connectivity index (χ3n) is 2.55. The molecule has 0 fully saturated rings. The summed E-state index contributed by atoms with van der Waals surface area (Å²) in [5, 5.41) is 3.55. The number of amides is 1. The molecular weight excluding hydrogens is 240 g/mol. The van der Waals surface area contributed by atoms with E-state index in [1.807, 2.05) is 70.0 Å². The van der Waals surface area contributed by atoms with Crippen molar-refractivity contribution in [3.63, 3.8) is 0 Å². The zero-order valence-corrected chi connectivity index (χ0v) is 12.5. The molecule has 0 heterocycles. The molecule has 19 heavy (non-hydrogen) atoms. The minimum absolute atomic E-state index is 0.319. The van der Waals surface area contributed by atoms with Crippen LogP contribution in [-0.2, 0) is 4.74 Å². The van der Waals surface area contributed by atoms with E-state index in [-0.39, 0.29) is 6.09 Å². The van der Waals surface area contributed by atoms with Crippen LogP contribution in [0.15, 0.2) is 30.3 Å². The molecule has 0 spiro atoms. The Morgan fingerprint density at radius 2 is 1.68 bits per heavy atom. The van der Waals surface area contributed by atoms with Gasteiger partial charge >= 0.3 is 6.09 Å². The summed E-state index contributed by atoms with van der Waals surface area (Å²) in [4.78, 5) is 12.2. The first-order chi connectivity index (χ1) is 8.89. The number of carbonyl (C=O) groups excluding carboxylic acids is 1. The lowest BCUT2D eigenvalue weighted by atomic mass is 10.2. The van der Waals surface area contributed by atoms with Crippen molar-refractivity contribution in [1.82, 2.24) is 5.01 Å². The van der Waals surface area contributed by atoms with Crippen molar-refractivity contribution in [2.75, 3.05) is 18.1 Å². The van der Waals surface area contributed by atoms with Crippen molar-refractivity contribution in [1.29, 1.82) is 0 Å². The Labute approximate surface area is 115 Å². The Kier molecular flexibility index (Phi) is 5.21. The van der Waals surface area contributed by atoms with Crippen molar-refractivity contribution in [2.45, 2.75) is 40.2 Å². The largest absolute Gasteiger partial charge is 0.442 e. The molecule has 1 aromatic carbocycles. The van der Waals surface area contributed by atoms with Crippen molar-refractivity contribution in [3.8, 4) is 0 Å². The van der Waals surface area contributed by atoms with E-state index in [0.29, 0.717) is 13.1 Å². The number of benzene rings is 1. The summed E-state index contributed by atoms with van der Waals surface area (Å²) in [6.45, 7) is 10.8. The lowest BCUT2D eigenvalue weighted by molar-refractivity contribution is 0.0237. The molecule has 1 rings (SSSR count). The van der Waals surface area contributed by atoms with Crippen LogP contribution in [0.4, 0.5) is 10.5 Å². The Balaban J connectivity index is 2.91. The minimum Gasteiger partial charge on any atom is -0.442 e. The van der Waals surface area contributed by atoms with Crippen LogP contribution in [0.3, 0.4) is 0 Å². The second kappa shape index (κ2) is 6.45. The topological polar surface area (TPSA) is 32.8 Å². The van der Waals surface area contributed by atoms with Crippen LogP contribution >= 0.6 is 0 Å². The van der Waals surface area contributed by atoms with Gasteiger partial charge in [0.1, 0.15) is 5.60 Å². The third kappa shape index (κ3) is 4.47. The number of hydrazine groups is 1. The summed E-state index contributed by atoms with van der Waals surface area (Å²) in [7, 11) is 0. The zero-order valence-electron chi connectivity index (χ0n) is 12.5. The van der Waals surface area contributed by atoms with Crippen LogP contribution < -0.4 is 5.01 Å². The molecule has 0 radical (unpaired) electrons. The molecule has 0 aromatic heterocycles. The number of anilines is 1. The molecule has 4 nitrogen and oxygen atoms in total. The number of ether oxygens (including phenoxy) is 1. The first kappa shape index (κ1) is 15.3. The second-order valence-electron chi connectivity index (χ2n) is 5.25. The van der Waals surface area contributed by atoms with Gasteiger partial charge in [0.25, 0.3) is 0 Å². The predicted octanol–water partition coefficient (Wildman–Crippen LogP) is 3.68. The summed E-state index contributed by atoms with van der Waals surface area (Å²) < 4.78 is 5.44. The lowest BCUT2D eigenvalue weighted by Crippen LogP contribution is -2.48. The van der Waals surface area contributed by atoms with E-state index in [9.17, 15) is 4.79 Å². The molecule has 4 heteroatoms. The maximum atomic E-state index is 12.2. The summed E-state index contributed by atoms with van der Waals surface area (Å²) >= 11 is 0. The highest BCUT2D eigenvalue weighted by Crippen LogP contribution is 2.18. The van der Waals surface area contributed by atoms with E-state index in [1.54, 1.807) is 5.01 Å². The van der Waals surface area contributed by atoms with Crippen LogP contribution in [0.1, 0.15) is 34.6 Å². The van der Waals surface area contributed by atoms with Crippen LogP contribution in [0.5, 0.6) is 0 Å². The maximum absolute atomic E-state index is 12.2. The average molecular weight is 264 g/mol. The number of hydrogen-bond acceptors (Lipinski definition) is 3. The normalized spacial score (nSPS) is 11.0. The molecule has 0 aliphatic carbocycles. The molecule has 0 aliphatic heterocycles. The third-order valence-corrected chi connectivity index (χ3v) is 2.55. The highest BCUT2D eigenvalue weighted by Gasteiger charge is 2.25. The monoisotopic (exact) mass is 264 g/mol. The van der Waals surface area contributed by atoms with Gasteiger partial charge in [0.15, 0.2) is 0 Å². The Hall–Kier alpha value is -1.71. The Morgan fingerprint density at radius 1 is 1.11 bits per heavy atom. The van der Waals surface area contributed by atoms with Gasteiger partial charge in [0, 0.05) is 13.1 Å². The number of carbonyl (C=O) groups is 1. The lowest BCUT2D eigenvalue weighted by Gasteiger charge is -2.36. The highest BCUT2D eigenvalue weighted by atomic mass is 16.6. The predicted molar refractivity (Wildman–Crippen MR) is 78.1 cm³/mol. The first-order valence-electron chi connectivity index (χ1n) is 6.72. The van der Waals surface area contributed by atoms with Gasteiger partial charge in [-0.25, -0.2) is 9.80 Å². The smallest absolute Gasteiger partial charge is 0.429 e. The van der Waals surface area contributed by atoms with Gasteiger partial charge in [-0.1, -0.05) is 18.2 Å². The Morgan fingerprint density at radius 3 is 2.11 bits per heavy atom. The fourth-order valence-corrected chi connectivity index (χ4v) is 1.81. The molecule has 0 saturated carbocycles. The van der Waals surface area contributed by atoms with Gasteiger partial charge in [0.2, 0.25) is 0 Å². The summed E-state index contributed by atoms with van der Waals surface area (Å²) in [5.74, 6) is 0. The molecule has 0 unspecified atom stereocenters. The first-order valence-corrected chi connectivity index (χ1v) is 6.72. The number of nitrogens with zero attached hydrogens (tertiary/aromatic N) is 2. The molecule has 0 saturated heterocycles. The van der Waals surface area contributed by atoms with E-state index in [0.717, 1.165) is 5.69 Å². The van der Waals surface area contributed by atoms with Crippen molar-refractivity contribution in [2.24, 2.45) is 0 Å². The van der Waals surface area contributed by atoms with E-state index in [2.05, 4.69) is 0 Å². The molecule has 1 amide bonds. The quantitative estimate of drug-likeness (QED) is 0.778. The average Bonchev–Trinajstić information content (AvgIpc) is 2.34. The molecular formula is C15H24N2O2. The molecule has 0 bridgehead atoms. The van der Waals surface area contributed by atoms with E-state index in [1.165, 1.54) is 0 Å². The molecule has 0 aliphatic rings. The van der Waals surface area contributed by atoms with Gasteiger partial charge in [-0.05, 0) is 46.8 Å². The zero-order chi connectivity index (χ0) is 14.5. The van der Waals surface area contributed by atoms with Crippen molar-refractivity contribution < 1.29 is 9.53 Å². The fraction of sp³-hybridized carbons (Fsp3) is 0.533. The number of hydrogen-bond donors (Lipinski definition) is 0. The summed E-state index contributed by atoms with van der Waals surface area (Å²) in [5.41, 5.74) is 0.498. The maximum Gasteiger partial charge on any atom is 0.429 e. The SMILES string of the molecule is CCN(C(=O)OC(C)(C)C)N(CC)c1ccccc1. The van der Waals surface area contributed by atoms with Crippen LogP contribution in [0.2, 0.25) is 0 Å². The number of rotatable bonds is 4. The second-order valence-corrected chi connectivity index (χ2v) is 5.25. The van der Waals surface area contributed by atoms with Gasteiger partial charge in [-0.2, -0.15) is 0 Å². The highest BCUT2D eigenvalue weighted by molar-refractivity contribution is 5.71. The van der Waals surface area contributed by atoms with Crippen LogP contribution in [-0.4, -0.2) is 29.8 Å². The summed E-state index contributed by atoms with van der Waals surface area (Å²) in [6.07, 6.45) is -0.319. The van der Waals surface area contributed by atoms with Crippen molar-refractivity contribution >= 4 is 11.8 Å². The molecule has 106 valence electrons. The van der Waals surface area contributed by atoms with Gasteiger partial charge in [0.05, 0.1) is 5.69 Å². The Bertz CT molecular complexity index is 398. The van der Waals surface area contributed by atoms with E-state index in [4.69, 9.17) is 4.74 Å². The van der Waals surface area contributed by atoms with Crippen LogP contribution in [0, 0.1) is 0 Å². The van der Waals surface area contributed by atoms with Crippen LogP contribution in [0.25, 0.3) is 0 Å². The van der Waals surface area contributed by atoms with Gasteiger partial charge in [-0.15, -0.1) is 0 Å².